The number of hydrogen-bond acceptors (Lipinski definition) is 3. The summed E-state index contributed by atoms with van der Waals surface area (Å²) in [4.78, 5) is 10.1. The fraction of sp³-hybridized carbons (Fsp3) is 0.364. The summed E-state index contributed by atoms with van der Waals surface area (Å²) in [6, 6.07) is 5.67. The number of carbonyl (C=O) groups excluding carboxylic acids is 1. The fourth-order valence-electron chi connectivity index (χ4n) is 1.28. The van der Waals surface area contributed by atoms with E-state index in [9.17, 15) is 4.79 Å². The van der Waals surface area contributed by atoms with Gasteiger partial charge in [-0.2, -0.15) is 0 Å². The second-order valence-electron chi connectivity index (χ2n) is 3.05. The van der Waals surface area contributed by atoms with Crippen LogP contribution in [0.5, 0.6) is 5.75 Å². The van der Waals surface area contributed by atoms with Gasteiger partial charge >= 0.3 is 0 Å². The maximum Gasteiger partial charge on any atom is 0.157 e. The smallest absolute Gasteiger partial charge is 0.157 e. The molecule has 76 valence electrons. The summed E-state index contributed by atoms with van der Waals surface area (Å²) in [5.41, 5.74) is 2.06. The van der Waals surface area contributed by atoms with E-state index in [4.69, 9.17) is 9.84 Å². The molecular formula is C11H14O3. The van der Waals surface area contributed by atoms with Crippen molar-refractivity contribution in [2.45, 2.75) is 13.3 Å². The quantitative estimate of drug-likeness (QED) is 0.714. The van der Waals surface area contributed by atoms with E-state index in [1.807, 2.05) is 25.1 Å². The lowest BCUT2D eigenvalue weighted by Crippen LogP contribution is -2.00. The van der Waals surface area contributed by atoms with Gasteiger partial charge in [0.2, 0.25) is 0 Å². The fourth-order valence-corrected chi connectivity index (χ4v) is 1.28. The Morgan fingerprint density at radius 3 is 2.86 bits per heavy atom. The van der Waals surface area contributed by atoms with E-state index in [1.54, 1.807) is 0 Å². The van der Waals surface area contributed by atoms with Gasteiger partial charge in [0.15, 0.2) is 6.29 Å². The topological polar surface area (TPSA) is 46.5 Å². The molecule has 0 saturated heterocycles. The van der Waals surface area contributed by atoms with Gasteiger partial charge in [-0.1, -0.05) is 12.1 Å². The first-order chi connectivity index (χ1) is 6.77. The second kappa shape index (κ2) is 5.40. The Balaban J connectivity index is 2.73. The Labute approximate surface area is 83.3 Å². The number of aliphatic hydroxyl groups excluding tert-OH is 1. The highest BCUT2D eigenvalue weighted by molar-refractivity contribution is 5.51. The molecule has 0 radical (unpaired) electrons. The molecule has 0 aliphatic heterocycles. The van der Waals surface area contributed by atoms with E-state index in [-0.39, 0.29) is 13.2 Å². The molecule has 0 fully saturated rings. The van der Waals surface area contributed by atoms with Crippen molar-refractivity contribution in [1.82, 2.24) is 0 Å². The van der Waals surface area contributed by atoms with Crippen molar-refractivity contribution in [2.24, 2.45) is 0 Å². The average molecular weight is 194 g/mol. The van der Waals surface area contributed by atoms with Crippen molar-refractivity contribution >= 4 is 6.29 Å². The van der Waals surface area contributed by atoms with E-state index in [2.05, 4.69) is 0 Å². The van der Waals surface area contributed by atoms with Crippen molar-refractivity contribution in [3.8, 4) is 5.75 Å². The third-order valence-corrected chi connectivity index (χ3v) is 1.95. The maximum absolute atomic E-state index is 10.1. The first-order valence-corrected chi connectivity index (χ1v) is 4.54. The summed E-state index contributed by atoms with van der Waals surface area (Å²) in [5.74, 6) is 0.721. The normalized spacial score (nSPS) is 9.86. The highest BCUT2D eigenvalue weighted by atomic mass is 16.5. The summed E-state index contributed by atoms with van der Waals surface area (Å²) in [6.45, 7) is 2.15. The zero-order chi connectivity index (χ0) is 10.4. The minimum Gasteiger partial charge on any atom is -0.486 e. The molecule has 1 aromatic rings. The van der Waals surface area contributed by atoms with Crippen LogP contribution < -0.4 is 4.74 Å². The molecule has 0 aromatic heterocycles. The zero-order valence-electron chi connectivity index (χ0n) is 8.19. The maximum atomic E-state index is 10.1. The van der Waals surface area contributed by atoms with E-state index in [1.165, 1.54) is 0 Å². The Morgan fingerprint density at radius 2 is 2.29 bits per heavy atom. The third-order valence-electron chi connectivity index (χ3n) is 1.95. The van der Waals surface area contributed by atoms with E-state index in [0.717, 1.165) is 23.2 Å². The van der Waals surface area contributed by atoms with Crippen LogP contribution in [0.2, 0.25) is 0 Å². The van der Waals surface area contributed by atoms with Gasteiger partial charge in [-0.25, -0.2) is 0 Å². The van der Waals surface area contributed by atoms with Crippen LogP contribution in [0.15, 0.2) is 18.2 Å². The molecule has 0 spiro atoms. The number of hydrogen-bond donors (Lipinski definition) is 1. The lowest BCUT2D eigenvalue weighted by molar-refractivity contribution is -0.109. The molecule has 0 amide bonds. The largest absolute Gasteiger partial charge is 0.486 e. The molecule has 1 N–H and O–H groups in total. The van der Waals surface area contributed by atoms with Crippen LogP contribution in [-0.4, -0.2) is 24.6 Å². The predicted molar refractivity (Wildman–Crippen MR) is 53.5 cm³/mol. The van der Waals surface area contributed by atoms with Crippen LogP contribution in [0.3, 0.4) is 0 Å². The van der Waals surface area contributed by atoms with Crippen LogP contribution in [0, 0.1) is 6.92 Å². The number of ether oxygens (including phenoxy) is 1. The average Bonchev–Trinajstić information content (AvgIpc) is 2.17. The van der Waals surface area contributed by atoms with Crippen LogP contribution in [0.25, 0.3) is 0 Å². The first kappa shape index (κ1) is 10.7. The lowest BCUT2D eigenvalue weighted by Gasteiger charge is -2.07. The molecule has 1 aromatic carbocycles. The third kappa shape index (κ3) is 2.85. The molecule has 0 aliphatic carbocycles. The SMILES string of the molecule is Cc1cc(CCO)ccc1OCC=O. The molecule has 0 saturated carbocycles. The van der Waals surface area contributed by atoms with Gasteiger partial charge in [0.25, 0.3) is 0 Å². The predicted octanol–water partition coefficient (Wildman–Crippen LogP) is 1.11. The van der Waals surface area contributed by atoms with E-state index >= 15 is 0 Å². The number of aliphatic hydroxyl groups is 1. The lowest BCUT2D eigenvalue weighted by atomic mass is 10.1. The van der Waals surface area contributed by atoms with Gasteiger partial charge in [0.05, 0.1) is 0 Å². The molecule has 0 unspecified atom stereocenters. The van der Waals surface area contributed by atoms with Gasteiger partial charge in [0, 0.05) is 6.61 Å². The van der Waals surface area contributed by atoms with Gasteiger partial charge in [-0.15, -0.1) is 0 Å². The summed E-state index contributed by atoms with van der Waals surface area (Å²) in [7, 11) is 0. The van der Waals surface area contributed by atoms with Crippen molar-refractivity contribution in [3.05, 3.63) is 29.3 Å². The molecule has 0 heterocycles. The number of aryl methyl sites for hydroxylation is 1. The van der Waals surface area contributed by atoms with Gasteiger partial charge in [-0.05, 0) is 30.5 Å². The molecular weight excluding hydrogens is 180 g/mol. The van der Waals surface area contributed by atoms with Crippen molar-refractivity contribution < 1.29 is 14.6 Å². The summed E-state index contributed by atoms with van der Waals surface area (Å²) >= 11 is 0. The number of aldehydes is 1. The number of rotatable bonds is 5. The Kier molecular flexibility index (Phi) is 4.13. The van der Waals surface area contributed by atoms with Gasteiger partial charge < -0.3 is 9.84 Å². The summed E-state index contributed by atoms with van der Waals surface area (Å²) in [6.07, 6.45) is 1.37. The second-order valence-corrected chi connectivity index (χ2v) is 3.05. The minimum atomic E-state index is 0.0835. The number of carbonyl (C=O) groups is 1. The van der Waals surface area contributed by atoms with Crippen LogP contribution in [-0.2, 0) is 11.2 Å². The van der Waals surface area contributed by atoms with Crippen molar-refractivity contribution in [1.29, 1.82) is 0 Å². The Hall–Kier alpha value is -1.35. The van der Waals surface area contributed by atoms with Gasteiger partial charge in [-0.3, -0.25) is 4.79 Å². The highest BCUT2D eigenvalue weighted by Gasteiger charge is 2.00. The van der Waals surface area contributed by atoms with Crippen LogP contribution in [0.1, 0.15) is 11.1 Å². The summed E-state index contributed by atoms with van der Waals surface area (Å²) in [5, 5.41) is 8.74. The van der Waals surface area contributed by atoms with Crippen molar-refractivity contribution in [3.63, 3.8) is 0 Å². The molecule has 14 heavy (non-hydrogen) atoms. The standard InChI is InChI=1S/C11H14O3/c1-9-8-10(4-5-12)2-3-11(9)14-7-6-13/h2-3,6,8,12H,4-5,7H2,1H3. The Bertz CT molecular complexity index is 307. The Morgan fingerprint density at radius 1 is 1.50 bits per heavy atom. The van der Waals surface area contributed by atoms with Crippen LogP contribution in [0.4, 0.5) is 0 Å². The molecule has 0 aliphatic rings. The van der Waals surface area contributed by atoms with Gasteiger partial charge in [0.1, 0.15) is 12.4 Å². The van der Waals surface area contributed by atoms with Crippen molar-refractivity contribution in [2.75, 3.05) is 13.2 Å². The minimum absolute atomic E-state index is 0.0835. The number of benzene rings is 1. The molecule has 3 heteroatoms. The van der Waals surface area contributed by atoms with Crippen LogP contribution >= 0.6 is 0 Å². The highest BCUT2D eigenvalue weighted by Crippen LogP contribution is 2.18. The molecule has 0 bridgehead atoms. The first-order valence-electron chi connectivity index (χ1n) is 4.54. The monoisotopic (exact) mass is 194 g/mol. The zero-order valence-corrected chi connectivity index (χ0v) is 8.19. The molecule has 1 rings (SSSR count). The summed E-state index contributed by atoms with van der Waals surface area (Å²) < 4.78 is 5.19. The molecule has 3 nitrogen and oxygen atoms in total. The van der Waals surface area contributed by atoms with E-state index in [0.29, 0.717) is 6.42 Å². The molecule has 0 atom stereocenters. The van der Waals surface area contributed by atoms with E-state index < -0.39 is 0 Å².